The van der Waals surface area contributed by atoms with Crippen molar-refractivity contribution in [2.45, 2.75) is 10.0 Å². The van der Waals surface area contributed by atoms with Crippen LogP contribution >= 0.6 is 22.6 Å². The summed E-state index contributed by atoms with van der Waals surface area (Å²) in [4.78, 5) is 0. The van der Waals surface area contributed by atoms with Crippen molar-refractivity contribution in [3.05, 3.63) is 24.0 Å². The Morgan fingerprint density at radius 2 is 2.33 bits per heavy atom. The predicted octanol–water partition coefficient (Wildman–Crippen LogP) is 1.51. The summed E-state index contributed by atoms with van der Waals surface area (Å²) in [6.45, 7) is 0. The zero-order valence-corrected chi connectivity index (χ0v) is 6.87. The van der Waals surface area contributed by atoms with Gasteiger partial charge in [0.05, 0.1) is 5.76 Å². The van der Waals surface area contributed by atoms with Crippen LogP contribution in [0.1, 0.15) is 6.42 Å². The molecule has 0 aromatic heterocycles. The van der Waals surface area contributed by atoms with Crippen LogP contribution in [0.5, 0.6) is 0 Å². The fourth-order valence-corrected chi connectivity index (χ4v) is 1.28. The lowest BCUT2D eigenvalue weighted by molar-refractivity contribution is 0.184. The average Bonchev–Trinajstić information content (AvgIpc) is 1.60. The first-order chi connectivity index (χ1) is 4.10. The Morgan fingerprint density at radius 3 is 2.67 bits per heavy atom. The second-order valence-corrected chi connectivity index (χ2v) is 3.88. The molecule has 1 aliphatic rings. The van der Waals surface area contributed by atoms with Gasteiger partial charge >= 0.3 is 0 Å². The first-order valence-electron chi connectivity index (χ1n) is 2.59. The minimum absolute atomic E-state index is 0.231. The number of rotatable bonds is 0. The van der Waals surface area contributed by atoms with E-state index in [-0.39, 0.29) is 5.76 Å². The Hall–Kier alpha value is -0.0300. The van der Waals surface area contributed by atoms with Crippen LogP contribution in [0, 0.1) is 0 Å². The molecule has 0 saturated carbocycles. The third-order valence-corrected chi connectivity index (χ3v) is 1.81. The molecule has 0 amide bonds. The van der Waals surface area contributed by atoms with E-state index in [1.54, 1.807) is 18.2 Å². The summed E-state index contributed by atoms with van der Waals surface area (Å²) in [6, 6.07) is 0. The highest BCUT2D eigenvalue weighted by Crippen LogP contribution is 2.27. The average molecular weight is 238 g/mol. The van der Waals surface area contributed by atoms with Gasteiger partial charge in [0, 0.05) is 6.42 Å². The Morgan fingerprint density at radius 1 is 1.67 bits per heavy atom. The summed E-state index contributed by atoms with van der Waals surface area (Å²) in [5.41, 5.74) is 0. The number of alkyl halides is 1. The lowest BCUT2D eigenvalue weighted by atomic mass is 10.1. The van der Waals surface area contributed by atoms with Gasteiger partial charge in [0.1, 0.15) is 3.61 Å². The lowest BCUT2D eigenvalue weighted by Gasteiger charge is -2.18. The highest BCUT2D eigenvalue weighted by Gasteiger charge is 2.22. The third kappa shape index (κ3) is 1.98. The van der Waals surface area contributed by atoms with Crippen LogP contribution in [0.25, 0.3) is 0 Å². The summed E-state index contributed by atoms with van der Waals surface area (Å²) in [7, 11) is 0. The van der Waals surface area contributed by atoms with Gasteiger partial charge in [-0.15, -0.1) is 0 Å². The number of aliphatic hydroxyl groups excluding tert-OH is 1. The topological polar surface area (TPSA) is 40.5 Å². The van der Waals surface area contributed by atoms with Gasteiger partial charge in [0.15, 0.2) is 0 Å². The van der Waals surface area contributed by atoms with Gasteiger partial charge in [0.2, 0.25) is 0 Å². The van der Waals surface area contributed by atoms with Crippen molar-refractivity contribution in [2.75, 3.05) is 0 Å². The van der Waals surface area contributed by atoms with Crippen molar-refractivity contribution >= 4 is 22.6 Å². The fraction of sp³-hybridized carbons (Fsp3) is 0.333. The fourth-order valence-electron chi connectivity index (χ4n) is 0.679. The molecule has 1 rings (SSSR count). The zero-order valence-electron chi connectivity index (χ0n) is 4.71. The molecule has 9 heavy (non-hydrogen) atoms. The number of allylic oxidation sites excluding steroid dienone is 2. The predicted molar refractivity (Wildman–Crippen MR) is 43.4 cm³/mol. The molecule has 0 saturated heterocycles. The van der Waals surface area contributed by atoms with Crippen molar-refractivity contribution in [1.82, 2.24) is 0 Å². The molecule has 0 aliphatic heterocycles. The van der Waals surface area contributed by atoms with E-state index in [9.17, 15) is 5.11 Å². The lowest BCUT2D eigenvalue weighted by Crippen LogP contribution is -2.18. The number of aliphatic hydroxyl groups is 2. The van der Waals surface area contributed by atoms with E-state index in [2.05, 4.69) is 0 Å². The molecular formula is C6H7IO2. The summed E-state index contributed by atoms with van der Waals surface area (Å²) in [5.74, 6) is 0.231. The Balaban J connectivity index is 2.73. The van der Waals surface area contributed by atoms with E-state index in [1.165, 1.54) is 0 Å². The summed E-state index contributed by atoms with van der Waals surface area (Å²) >= 11 is 1.87. The van der Waals surface area contributed by atoms with E-state index in [0.717, 1.165) is 0 Å². The molecule has 0 bridgehead atoms. The van der Waals surface area contributed by atoms with Gasteiger partial charge in [-0.05, 0) is 34.7 Å². The Bertz CT molecular complexity index is 170. The third-order valence-electron chi connectivity index (χ3n) is 1.07. The number of halogens is 1. The minimum Gasteiger partial charge on any atom is -0.512 e. The second kappa shape index (κ2) is 2.30. The van der Waals surface area contributed by atoms with Crippen LogP contribution in [0.2, 0.25) is 0 Å². The number of hydrogen-bond acceptors (Lipinski definition) is 2. The molecule has 1 aliphatic carbocycles. The molecule has 0 fully saturated rings. The standard InChI is InChI=1S/C6H7IO2/c7-6(9)3-1-2-5(8)4-6/h1-3,8-9H,4H2. The molecule has 0 heterocycles. The van der Waals surface area contributed by atoms with Gasteiger partial charge in [-0.3, -0.25) is 0 Å². The van der Waals surface area contributed by atoms with E-state index in [1.807, 2.05) is 22.6 Å². The molecule has 0 aromatic rings. The molecular weight excluding hydrogens is 231 g/mol. The highest BCUT2D eigenvalue weighted by molar-refractivity contribution is 14.1. The van der Waals surface area contributed by atoms with E-state index < -0.39 is 3.61 Å². The highest BCUT2D eigenvalue weighted by atomic mass is 127. The van der Waals surface area contributed by atoms with Crippen LogP contribution in [0.3, 0.4) is 0 Å². The molecule has 2 N–H and O–H groups in total. The van der Waals surface area contributed by atoms with E-state index in [0.29, 0.717) is 6.42 Å². The summed E-state index contributed by atoms with van der Waals surface area (Å²) in [5, 5.41) is 18.1. The van der Waals surface area contributed by atoms with E-state index >= 15 is 0 Å². The maximum absolute atomic E-state index is 9.24. The number of hydrogen-bond donors (Lipinski definition) is 2. The van der Waals surface area contributed by atoms with Crippen LogP contribution in [-0.4, -0.2) is 13.8 Å². The molecule has 2 nitrogen and oxygen atoms in total. The largest absolute Gasteiger partial charge is 0.512 e. The van der Waals surface area contributed by atoms with Gasteiger partial charge < -0.3 is 10.2 Å². The van der Waals surface area contributed by atoms with E-state index in [4.69, 9.17) is 5.11 Å². The molecule has 3 heteroatoms. The van der Waals surface area contributed by atoms with Crippen LogP contribution in [0.15, 0.2) is 24.0 Å². The first-order valence-corrected chi connectivity index (χ1v) is 3.67. The normalized spacial score (nSPS) is 34.2. The van der Waals surface area contributed by atoms with Crippen LogP contribution in [-0.2, 0) is 0 Å². The minimum atomic E-state index is -0.878. The Labute approximate surface area is 67.0 Å². The van der Waals surface area contributed by atoms with Crippen LogP contribution in [0.4, 0.5) is 0 Å². The second-order valence-electron chi connectivity index (χ2n) is 2.01. The SMILES string of the molecule is OC1=CC=CC(O)(I)C1. The zero-order chi connectivity index (χ0) is 6.91. The maximum atomic E-state index is 9.24. The molecule has 0 aromatic carbocycles. The van der Waals surface area contributed by atoms with Gasteiger partial charge in [-0.2, -0.15) is 0 Å². The van der Waals surface area contributed by atoms with Gasteiger partial charge in [0.25, 0.3) is 0 Å². The molecule has 0 radical (unpaired) electrons. The maximum Gasteiger partial charge on any atom is 0.141 e. The van der Waals surface area contributed by atoms with Crippen molar-refractivity contribution < 1.29 is 10.2 Å². The van der Waals surface area contributed by atoms with Crippen LogP contribution < -0.4 is 0 Å². The molecule has 1 unspecified atom stereocenters. The van der Waals surface area contributed by atoms with Crippen molar-refractivity contribution in [3.63, 3.8) is 0 Å². The van der Waals surface area contributed by atoms with Gasteiger partial charge in [-0.25, -0.2) is 0 Å². The molecule has 1 atom stereocenters. The summed E-state index contributed by atoms with van der Waals surface area (Å²) < 4.78 is -0.878. The Kier molecular flexibility index (Phi) is 1.81. The smallest absolute Gasteiger partial charge is 0.141 e. The molecule has 50 valence electrons. The monoisotopic (exact) mass is 238 g/mol. The van der Waals surface area contributed by atoms with Crippen molar-refractivity contribution in [3.8, 4) is 0 Å². The first kappa shape index (κ1) is 7.08. The molecule has 0 spiro atoms. The van der Waals surface area contributed by atoms with Crippen molar-refractivity contribution in [2.24, 2.45) is 0 Å². The van der Waals surface area contributed by atoms with Gasteiger partial charge in [-0.1, -0.05) is 6.08 Å². The van der Waals surface area contributed by atoms with Crippen molar-refractivity contribution in [1.29, 1.82) is 0 Å². The summed E-state index contributed by atoms with van der Waals surface area (Å²) in [6.07, 6.45) is 5.18. The quantitative estimate of drug-likeness (QED) is 0.496.